The number of hydrogen-bond acceptors (Lipinski definition) is 5. The summed E-state index contributed by atoms with van der Waals surface area (Å²) in [7, 11) is 3.69. The maximum Gasteiger partial charge on any atom is 0.185 e. The van der Waals surface area contributed by atoms with Crippen LogP contribution in [0, 0.1) is 0 Å². The Labute approximate surface area is 102 Å². The van der Waals surface area contributed by atoms with Crippen LogP contribution in [0.5, 0.6) is 0 Å². The first-order valence-corrected chi connectivity index (χ1v) is 6.41. The van der Waals surface area contributed by atoms with Gasteiger partial charge in [0.1, 0.15) is 0 Å². The lowest BCUT2D eigenvalue weighted by molar-refractivity contribution is 0.205. The van der Waals surface area contributed by atoms with E-state index in [1.165, 1.54) is 4.88 Å². The Morgan fingerprint density at radius 1 is 1.62 bits per heavy atom. The number of hydrogen-bond donors (Lipinski definition) is 1. The summed E-state index contributed by atoms with van der Waals surface area (Å²) in [6, 6.07) is 0.368. The summed E-state index contributed by atoms with van der Waals surface area (Å²) in [5.41, 5.74) is 0. The standard InChI is InChI=1S/C11H21N3OS/c1-5-14(6-7-15-4)11-13-8-10(16-11)9(2)12-3/h8-9,12H,5-7H2,1-4H3. The summed E-state index contributed by atoms with van der Waals surface area (Å²) in [6.07, 6.45) is 1.95. The minimum Gasteiger partial charge on any atom is -0.383 e. The SMILES string of the molecule is CCN(CCOC)c1ncc(C(C)NC)s1. The third-order valence-corrected chi connectivity index (χ3v) is 3.83. The molecule has 0 aromatic carbocycles. The quantitative estimate of drug-likeness (QED) is 0.793. The summed E-state index contributed by atoms with van der Waals surface area (Å²) in [6.45, 7) is 6.88. The number of rotatable bonds is 7. The molecule has 0 spiro atoms. The molecule has 1 aromatic rings. The van der Waals surface area contributed by atoms with Gasteiger partial charge < -0.3 is 15.0 Å². The van der Waals surface area contributed by atoms with E-state index in [4.69, 9.17) is 4.74 Å². The molecule has 0 radical (unpaired) electrons. The number of nitrogens with zero attached hydrogens (tertiary/aromatic N) is 2. The van der Waals surface area contributed by atoms with Crippen LogP contribution in [0.3, 0.4) is 0 Å². The topological polar surface area (TPSA) is 37.4 Å². The lowest BCUT2D eigenvalue weighted by Gasteiger charge is -2.18. The zero-order valence-electron chi connectivity index (χ0n) is 10.5. The molecule has 92 valence electrons. The van der Waals surface area contributed by atoms with Crippen LogP contribution >= 0.6 is 11.3 Å². The first-order chi connectivity index (χ1) is 7.72. The molecule has 0 saturated heterocycles. The zero-order valence-corrected chi connectivity index (χ0v) is 11.3. The number of ether oxygens (including phenoxy) is 1. The molecule has 0 saturated carbocycles. The van der Waals surface area contributed by atoms with E-state index < -0.39 is 0 Å². The van der Waals surface area contributed by atoms with Crippen molar-refractivity contribution in [3.05, 3.63) is 11.1 Å². The lowest BCUT2D eigenvalue weighted by Crippen LogP contribution is -2.26. The van der Waals surface area contributed by atoms with Crippen molar-refractivity contribution in [2.24, 2.45) is 0 Å². The van der Waals surface area contributed by atoms with Crippen molar-refractivity contribution in [3.63, 3.8) is 0 Å². The molecule has 0 aliphatic heterocycles. The van der Waals surface area contributed by atoms with Crippen LogP contribution in [0.15, 0.2) is 6.20 Å². The molecule has 0 aliphatic carbocycles. The van der Waals surface area contributed by atoms with E-state index in [0.29, 0.717) is 6.04 Å². The third-order valence-electron chi connectivity index (χ3n) is 2.59. The Morgan fingerprint density at radius 2 is 2.38 bits per heavy atom. The van der Waals surface area contributed by atoms with Crippen LogP contribution in [0.4, 0.5) is 5.13 Å². The van der Waals surface area contributed by atoms with Crippen molar-refractivity contribution in [3.8, 4) is 0 Å². The van der Waals surface area contributed by atoms with Crippen molar-refractivity contribution >= 4 is 16.5 Å². The van der Waals surface area contributed by atoms with Crippen molar-refractivity contribution in [1.29, 1.82) is 0 Å². The molecule has 1 heterocycles. The molecule has 0 bridgehead atoms. The molecule has 1 N–H and O–H groups in total. The van der Waals surface area contributed by atoms with Gasteiger partial charge in [-0.25, -0.2) is 4.98 Å². The maximum atomic E-state index is 5.09. The lowest BCUT2D eigenvalue weighted by atomic mass is 10.3. The summed E-state index contributed by atoms with van der Waals surface area (Å²) in [5, 5.41) is 4.30. The highest BCUT2D eigenvalue weighted by atomic mass is 32.1. The summed E-state index contributed by atoms with van der Waals surface area (Å²) in [5.74, 6) is 0. The molecule has 1 unspecified atom stereocenters. The van der Waals surface area contributed by atoms with Gasteiger partial charge in [0.2, 0.25) is 0 Å². The van der Waals surface area contributed by atoms with Gasteiger partial charge in [0.05, 0.1) is 6.61 Å². The predicted molar refractivity (Wildman–Crippen MR) is 69.4 cm³/mol. The van der Waals surface area contributed by atoms with Crippen LogP contribution in [0.2, 0.25) is 0 Å². The van der Waals surface area contributed by atoms with Crippen molar-refractivity contribution in [2.75, 3.05) is 38.8 Å². The number of likely N-dealkylation sites (N-methyl/N-ethyl adjacent to an activating group) is 1. The number of aromatic nitrogens is 1. The first-order valence-electron chi connectivity index (χ1n) is 5.59. The Kier molecular flexibility index (Phi) is 5.73. The molecule has 4 nitrogen and oxygen atoms in total. The van der Waals surface area contributed by atoms with E-state index in [2.05, 4.69) is 29.0 Å². The monoisotopic (exact) mass is 243 g/mol. The van der Waals surface area contributed by atoms with Crippen LogP contribution < -0.4 is 10.2 Å². The second kappa shape index (κ2) is 6.83. The molecule has 1 aromatic heterocycles. The van der Waals surface area contributed by atoms with Gasteiger partial charge in [-0.2, -0.15) is 0 Å². The number of anilines is 1. The van der Waals surface area contributed by atoms with Crippen LogP contribution in [-0.4, -0.2) is 38.8 Å². The highest BCUT2D eigenvalue weighted by Crippen LogP contribution is 2.26. The van der Waals surface area contributed by atoms with E-state index >= 15 is 0 Å². The Morgan fingerprint density at radius 3 is 2.94 bits per heavy atom. The average Bonchev–Trinajstić information content (AvgIpc) is 2.78. The van der Waals surface area contributed by atoms with E-state index in [-0.39, 0.29) is 0 Å². The normalized spacial score (nSPS) is 12.8. The molecular weight excluding hydrogens is 222 g/mol. The Balaban J connectivity index is 2.66. The maximum absolute atomic E-state index is 5.09. The average molecular weight is 243 g/mol. The molecule has 1 rings (SSSR count). The summed E-state index contributed by atoms with van der Waals surface area (Å²) in [4.78, 5) is 7.97. The fraction of sp³-hybridized carbons (Fsp3) is 0.727. The molecule has 1 atom stereocenters. The highest BCUT2D eigenvalue weighted by molar-refractivity contribution is 7.15. The molecule has 0 fully saturated rings. The van der Waals surface area contributed by atoms with Crippen molar-refractivity contribution < 1.29 is 4.74 Å². The van der Waals surface area contributed by atoms with Crippen LogP contribution in [0.25, 0.3) is 0 Å². The molecular formula is C11H21N3OS. The van der Waals surface area contributed by atoms with Gasteiger partial charge >= 0.3 is 0 Å². The van der Waals surface area contributed by atoms with E-state index in [0.717, 1.165) is 24.8 Å². The smallest absolute Gasteiger partial charge is 0.185 e. The van der Waals surface area contributed by atoms with Gasteiger partial charge in [-0.1, -0.05) is 0 Å². The second-order valence-corrected chi connectivity index (χ2v) is 4.67. The third kappa shape index (κ3) is 3.43. The molecule has 0 amide bonds. The number of methoxy groups -OCH3 is 1. The zero-order chi connectivity index (χ0) is 12.0. The van der Waals surface area contributed by atoms with Crippen molar-refractivity contribution in [1.82, 2.24) is 10.3 Å². The van der Waals surface area contributed by atoms with Gasteiger partial charge in [0, 0.05) is 37.3 Å². The molecule has 16 heavy (non-hydrogen) atoms. The largest absolute Gasteiger partial charge is 0.383 e. The van der Waals surface area contributed by atoms with Gasteiger partial charge in [-0.05, 0) is 20.9 Å². The second-order valence-electron chi connectivity index (χ2n) is 3.63. The molecule has 5 heteroatoms. The Hall–Kier alpha value is -0.650. The van der Waals surface area contributed by atoms with Gasteiger partial charge in [0.15, 0.2) is 5.13 Å². The fourth-order valence-electron chi connectivity index (χ4n) is 1.36. The van der Waals surface area contributed by atoms with E-state index in [9.17, 15) is 0 Å². The Bertz CT molecular complexity index is 303. The van der Waals surface area contributed by atoms with Gasteiger partial charge in [-0.15, -0.1) is 11.3 Å². The van der Waals surface area contributed by atoms with Crippen molar-refractivity contribution in [2.45, 2.75) is 19.9 Å². The molecule has 0 aliphatic rings. The minimum atomic E-state index is 0.368. The fourth-order valence-corrected chi connectivity index (χ4v) is 2.42. The minimum absolute atomic E-state index is 0.368. The summed E-state index contributed by atoms with van der Waals surface area (Å²) >= 11 is 1.75. The number of thiazole rings is 1. The van der Waals surface area contributed by atoms with E-state index in [1.54, 1.807) is 18.4 Å². The van der Waals surface area contributed by atoms with Crippen LogP contribution in [0.1, 0.15) is 24.8 Å². The predicted octanol–water partition coefficient (Wildman–Crippen LogP) is 1.90. The van der Waals surface area contributed by atoms with Gasteiger partial charge in [0.25, 0.3) is 0 Å². The van der Waals surface area contributed by atoms with E-state index in [1.807, 2.05) is 13.2 Å². The number of nitrogens with one attached hydrogen (secondary N) is 1. The highest BCUT2D eigenvalue weighted by Gasteiger charge is 2.12. The van der Waals surface area contributed by atoms with Crippen LogP contribution in [-0.2, 0) is 4.74 Å². The van der Waals surface area contributed by atoms with Gasteiger partial charge in [-0.3, -0.25) is 0 Å². The summed E-state index contributed by atoms with van der Waals surface area (Å²) < 4.78 is 5.09. The first kappa shape index (κ1) is 13.4.